The number of H-pyrrole nitrogens is 1. The molecule has 0 saturated carbocycles. The quantitative estimate of drug-likeness (QED) is 0.652. The number of aromatic amines is 1. The van der Waals surface area contributed by atoms with Crippen molar-refractivity contribution in [2.45, 2.75) is 27.7 Å². The van der Waals surface area contributed by atoms with Crippen LogP contribution in [-0.2, 0) is 0 Å². The summed E-state index contributed by atoms with van der Waals surface area (Å²) in [5.74, 6) is -0.177. The molecule has 1 aromatic carbocycles. The third-order valence-corrected chi connectivity index (χ3v) is 2.29. The fraction of sp³-hybridized carbons (Fsp3) is 0.333. The number of hydrogen-bond acceptors (Lipinski definition) is 0. The van der Waals surface area contributed by atoms with E-state index in [1.165, 1.54) is 6.07 Å². The summed E-state index contributed by atoms with van der Waals surface area (Å²) >= 11 is 0. The molecule has 0 saturated heterocycles. The highest BCUT2D eigenvalue weighted by atomic mass is 19.1. The third-order valence-electron chi connectivity index (χ3n) is 2.29. The maximum Gasteiger partial charge on any atom is 0.147 e. The van der Waals surface area contributed by atoms with E-state index >= 15 is 0 Å². The number of aryl methyl sites for hydroxylation is 2. The molecule has 2 heteroatoms. The normalized spacial score (nSPS) is 9.79. The van der Waals surface area contributed by atoms with Crippen LogP contribution in [0.3, 0.4) is 0 Å². The summed E-state index contributed by atoms with van der Waals surface area (Å²) < 4.78 is 13.1. The smallest absolute Gasteiger partial charge is 0.147 e. The molecule has 0 unspecified atom stereocenters. The van der Waals surface area contributed by atoms with Crippen molar-refractivity contribution in [2.75, 3.05) is 0 Å². The van der Waals surface area contributed by atoms with Crippen LogP contribution < -0.4 is 0 Å². The second-order valence-electron chi connectivity index (χ2n) is 3.04. The Morgan fingerprint density at radius 2 is 1.79 bits per heavy atom. The summed E-state index contributed by atoms with van der Waals surface area (Å²) in [6.45, 7) is 7.95. The van der Waals surface area contributed by atoms with Gasteiger partial charge in [0.05, 0.1) is 5.52 Å². The predicted octanol–water partition coefficient (Wildman–Crippen LogP) is 3.95. The summed E-state index contributed by atoms with van der Waals surface area (Å²) in [4.78, 5) is 3.02. The molecular weight excluding hydrogens is 177 g/mol. The maximum absolute atomic E-state index is 13.1. The Bertz CT molecular complexity index is 429. The molecule has 1 N–H and O–H groups in total. The van der Waals surface area contributed by atoms with E-state index in [1.807, 2.05) is 33.8 Å². The minimum Gasteiger partial charge on any atom is -0.356 e. The van der Waals surface area contributed by atoms with Crippen molar-refractivity contribution < 1.29 is 4.39 Å². The molecule has 0 bridgehead atoms. The van der Waals surface area contributed by atoms with E-state index in [2.05, 4.69) is 4.98 Å². The van der Waals surface area contributed by atoms with Gasteiger partial charge in [0.25, 0.3) is 0 Å². The average Bonchev–Trinajstić information content (AvgIpc) is 2.50. The lowest BCUT2D eigenvalue weighted by atomic mass is 10.1. The van der Waals surface area contributed by atoms with Crippen molar-refractivity contribution in [1.82, 2.24) is 4.98 Å². The Morgan fingerprint density at radius 1 is 1.14 bits per heavy atom. The Labute approximate surface area is 84.0 Å². The molecular formula is C12H16FN. The Balaban J connectivity index is 0.000000461. The second-order valence-corrected chi connectivity index (χ2v) is 3.04. The van der Waals surface area contributed by atoms with Gasteiger partial charge >= 0.3 is 0 Å². The maximum atomic E-state index is 13.1. The van der Waals surface area contributed by atoms with E-state index in [0.717, 1.165) is 16.6 Å². The molecule has 0 aliphatic heterocycles. The van der Waals surface area contributed by atoms with Gasteiger partial charge in [0, 0.05) is 11.1 Å². The number of benzene rings is 1. The molecule has 0 atom stereocenters. The number of nitrogens with one attached hydrogen (secondary N) is 1. The summed E-state index contributed by atoms with van der Waals surface area (Å²) in [7, 11) is 0. The molecule has 0 fully saturated rings. The van der Waals surface area contributed by atoms with Gasteiger partial charge in [-0.3, -0.25) is 0 Å². The van der Waals surface area contributed by atoms with Crippen LogP contribution in [0.5, 0.6) is 0 Å². The predicted molar refractivity (Wildman–Crippen MR) is 59.1 cm³/mol. The molecule has 1 aromatic heterocycles. The number of para-hydroxylation sites is 1. The van der Waals surface area contributed by atoms with E-state index < -0.39 is 0 Å². The molecule has 1 heterocycles. The van der Waals surface area contributed by atoms with Crippen molar-refractivity contribution in [3.63, 3.8) is 0 Å². The number of rotatable bonds is 0. The summed E-state index contributed by atoms with van der Waals surface area (Å²) in [5, 5.41) is 0.979. The molecule has 0 aliphatic carbocycles. The zero-order valence-electron chi connectivity index (χ0n) is 9.11. The number of fused-ring (bicyclic) bond motifs is 1. The third kappa shape index (κ3) is 1.65. The van der Waals surface area contributed by atoms with Gasteiger partial charge in [0.15, 0.2) is 0 Å². The van der Waals surface area contributed by atoms with Gasteiger partial charge in [-0.05, 0) is 25.5 Å². The first kappa shape index (κ1) is 10.8. The van der Waals surface area contributed by atoms with Crippen LogP contribution in [0.25, 0.3) is 10.9 Å². The number of halogens is 1. The van der Waals surface area contributed by atoms with Gasteiger partial charge in [-0.1, -0.05) is 26.0 Å². The summed E-state index contributed by atoms with van der Waals surface area (Å²) in [6.07, 6.45) is 0. The summed E-state index contributed by atoms with van der Waals surface area (Å²) in [6, 6.07) is 5.13. The van der Waals surface area contributed by atoms with Gasteiger partial charge in [-0.15, -0.1) is 0 Å². The highest BCUT2D eigenvalue weighted by Gasteiger charge is 2.06. The minimum atomic E-state index is -0.177. The lowest BCUT2D eigenvalue weighted by Gasteiger charge is -1.91. The lowest BCUT2D eigenvalue weighted by molar-refractivity contribution is 0.637. The van der Waals surface area contributed by atoms with E-state index in [9.17, 15) is 4.39 Å². The van der Waals surface area contributed by atoms with Crippen molar-refractivity contribution in [3.05, 3.63) is 35.3 Å². The average molecular weight is 193 g/mol. The van der Waals surface area contributed by atoms with E-state index in [0.29, 0.717) is 5.52 Å². The minimum absolute atomic E-state index is 0.177. The standard InChI is InChI=1S/C10H10FN.C2H6/c1-6-7(2)12-10-8(6)4-3-5-9(10)11;1-2/h3-5,12H,1-2H3;1-2H3. The van der Waals surface area contributed by atoms with Gasteiger partial charge in [0.1, 0.15) is 5.82 Å². The fourth-order valence-corrected chi connectivity index (χ4v) is 1.45. The van der Waals surface area contributed by atoms with Crippen LogP contribution in [0.4, 0.5) is 4.39 Å². The summed E-state index contributed by atoms with van der Waals surface area (Å²) in [5.41, 5.74) is 2.78. The van der Waals surface area contributed by atoms with Gasteiger partial charge < -0.3 is 4.98 Å². The van der Waals surface area contributed by atoms with Crippen LogP contribution in [0.15, 0.2) is 18.2 Å². The Kier molecular flexibility index (Phi) is 3.28. The molecule has 0 radical (unpaired) electrons. The van der Waals surface area contributed by atoms with Crippen molar-refractivity contribution in [2.24, 2.45) is 0 Å². The molecule has 2 aromatic rings. The molecule has 2 rings (SSSR count). The highest BCUT2D eigenvalue weighted by molar-refractivity contribution is 5.84. The molecule has 76 valence electrons. The van der Waals surface area contributed by atoms with Crippen LogP contribution in [-0.4, -0.2) is 4.98 Å². The van der Waals surface area contributed by atoms with E-state index in [1.54, 1.807) is 6.07 Å². The van der Waals surface area contributed by atoms with E-state index in [-0.39, 0.29) is 5.82 Å². The monoisotopic (exact) mass is 193 g/mol. The largest absolute Gasteiger partial charge is 0.356 e. The number of hydrogen-bond donors (Lipinski definition) is 1. The zero-order chi connectivity index (χ0) is 10.7. The first-order valence-electron chi connectivity index (χ1n) is 4.93. The fourth-order valence-electron chi connectivity index (χ4n) is 1.45. The van der Waals surface area contributed by atoms with Crippen LogP contribution >= 0.6 is 0 Å². The van der Waals surface area contributed by atoms with E-state index in [4.69, 9.17) is 0 Å². The lowest BCUT2D eigenvalue weighted by Crippen LogP contribution is -1.75. The topological polar surface area (TPSA) is 15.8 Å². The highest BCUT2D eigenvalue weighted by Crippen LogP contribution is 2.22. The van der Waals surface area contributed by atoms with Crippen molar-refractivity contribution in [3.8, 4) is 0 Å². The Morgan fingerprint density at radius 3 is 2.36 bits per heavy atom. The first-order valence-corrected chi connectivity index (χ1v) is 4.93. The van der Waals surface area contributed by atoms with Crippen molar-refractivity contribution in [1.29, 1.82) is 0 Å². The van der Waals surface area contributed by atoms with Crippen LogP contribution in [0.1, 0.15) is 25.1 Å². The van der Waals surface area contributed by atoms with Gasteiger partial charge in [0.2, 0.25) is 0 Å². The van der Waals surface area contributed by atoms with Crippen molar-refractivity contribution >= 4 is 10.9 Å². The number of aromatic nitrogens is 1. The Hall–Kier alpha value is -1.31. The van der Waals surface area contributed by atoms with Gasteiger partial charge in [-0.2, -0.15) is 0 Å². The van der Waals surface area contributed by atoms with Crippen LogP contribution in [0.2, 0.25) is 0 Å². The second kappa shape index (κ2) is 4.27. The first-order chi connectivity index (χ1) is 6.70. The SMILES string of the molecule is CC.Cc1[nH]c2c(F)cccc2c1C. The zero-order valence-corrected chi connectivity index (χ0v) is 9.11. The van der Waals surface area contributed by atoms with Crippen LogP contribution in [0, 0.1) is 19.7 Å². The van der Waals surface area contributed by atoms with Gasteiger partial charge in [-0.25, -0.2) is 4.39 Å². The molecule has 0 spiro atoms. The molecule has 0 amide bonds. The molecule has 14 heavy (non-hydrogen) atoms. The molecule has 0 aliphatic rings. The molecule has 1 nitrogen and oxygen atoms in total.